The number of nitrogens with two attached hydrogens (primary N) is 1. The monoisotopic (exact) mass is 340 g/mol. The van der Waals surface area contributed by atoms with E-state index in [0.29, 0.717) is 5.69 Å². The van der Waals surface area contributed by atoms with Crippen LogP contribution < -0.4 is 5.73 Å². The van der Waals surface area contributed by atoms with Crippen LogP contribution in [0.4, 0.5) is 0 Å². The molecule has 2 amide bonds. The van der Waals surface area contributed by atoms with Crippen molar-refractivity contribution < 1.29 is 18.0 Å². The van der Waals surface area contributed by atoms with Crippen LogP contribution in [0.3, 0.4) is 0 Å². The van der Waals surface area contributed by atoms with Gasteiger partial charge in [0, 0.05) is 31.9 Å². The minimum atomic E-state index is -3.46. The highest BCUT2D eigenvalue weighted by molar-refractivity contribution is 7.88. The lowest BCUT2D eigenvalue weighted by Gasteiger charge is -2.22. The van der Waals surface area contributed by atoms with E-state index >= 15 is 0 Å². The van der Waals surface area contributed by atoms with Crippen LogP contribution in [0.2, 0.25) is 0 Å². The van der Waals surface area contributed by atoms with Crippen molar-refractivity contribution in [1.82, 2.24) is 14.2 Å². The van der Waals surface area contributed by atoms with Crippen LogP contribution in [0.1, 0.15) is 16.2 Å². The summed E-state index contributed by atoms with van der Waals surface area (Å²) in [5.74, 6) is -1.72. The first-order chi connectivity index (χ1) is 10.7. The molecule has 8 nitrogen and oxygen atoms in total. The van der Waals surface area contributed by atoms with Gasteiger partial charge in [-0.05, 0) is 19.1 Å². The summed E-state index contributed by atoms with van der Waals surface area (Å²) in [6, 6.07) is 5.09. The Morgan fingerprint density at radius 1 is 1.26 bits per heavy atom. The molecule has 126 valence electrons. The summed E-state index contributed by atoms with van der Waals surface area (Å²) in [6.45, 7) is 2.15. The number of aryl methyl sites for hydroxylation is 1. The van der Waals surface area contributed by atoms with Gasteiger partial charge >= 0.3 is 0 Å². The van der Waals surface area contributed by atoms with E-state index in [1.165, 1.54) is 9.21 Å². The molecular formula is C14H20N4O4S. The Kier molecular flexibility index (Phi) is 5.00. The molecule has 0 aliphatic carbocycles. The molecule has 0 saturated carbocycles. The van der Waals surface area contributed by atoms with Crippen LogP contribution in [-0.4, -0.2) is 66.9 Å². The summed E-state index contributed by atoms with van der Waals surface area (Å²) < 4.78 is 24.7. The van der Waals surface area contributed by atoms with E-state index in [1.54, 1.807) is 25.1 Å². The molecule has 0 radical (unpaired) electrons. The van der Waals surface area contributed by atoms with Gasteiger partial charge in [-0.3, -0.25) is 9.59 Å². The van der Waals surface area contributed by atoms with Crippen molar-refractivity contribution in [3.8, 4) is 0 Å². The summed E-state index contributed by atoms with van der Waals surface area (Å²) in [6.07, 6.45) is 1.07. The summed E-state index contributed by atoms with van der Waals surface area (Å²) >= 11 is 0. The molecule has 1 aromatic rings. The lowest BCUT2D eigenvalue weighted by atomic mass is 10.1. The maximum absolute atomic E-state index is 12.6. The van der Waals surface area contributed by atoms with Crippen molar-refractivity contribution in [2.24, 2.45) is 11.7 Å². The van der Waals surface area contributed by atoms with Crippen LogP contribution in [0.5, 0.6) is 0 Å². The quantitative estimate of drug-likeness (QED) is 0.774. The molecule has 1 fully saturated rings. The number of aromatic nitrogens is 1. The molecule has 1 aliphatic rings. The van der Waals surface area contributed by atoms with E-state index in [9.17, 15) is 18.0 Å². The number of nitrogens with zero attached hydrogens (tertiary/aromatic N) is 3. The van der Waals surface area contributed by atoms with Crippen LogP contribution in [-0.2, 0) is 14.8 Å². The first-order valence-corrected chi connectivity index (χ1v) is 9.00. The summed E-state index contributed by atoms with van der Waals surface area (Å²) in [5.41, 5.74) is 6.32. The molecule has 0 bridgehead atoms. The Morgan fingerprint density at radius 2 is 1.96 bits per heavy atom. The van der Waals surface area contributed by atoms with Gasteiger partial charge in [-0.15, -0.1) is 0 Å². The second kappa shape index (κ2) is 6.63. The van der Waals surface area contributed by atoms with Crippen LogP contribution in [0.15, 0.2) is 18.2 Å². The zero-order valence-electron chi connectivity index (χ0n) is 13.1. The van der Waals surface area contributed by atoms with Crippen molar-refractivity contribution in [1.29, 1.82) is 0 Å². The van der Waals surface area contributed by atoms with Crippen LogP contribution in [0.25, 0.3) is 0 Å². The molecule has 2 N–H and O–H groups in total. The summed E-state index contributed by atoms with van der Waals surface area (Å²) in [4.78, 5) is 29.8. The molecule has 2 heterocycles. The Hall–Kier alpha value is -2.00. The average Bonchev–Trinajstić information content (AvgIpc) is 2.69. The largest absolute Gasteiger partial charge is 0.369 e. The molecule has 1 atom stereocenters. The molecule has 9 heteroatoms. The van der Waals surface area contributed by atoms with E-state index in [0.717, 1.165) is 6.26 Å². The number of pyridine rings is 1. The van der Waals surface area contributed by atoms with E-state index in [-0.39, 0.29) is 37.8 Å². The smallest absolute Gasteiger partial charge is 0.272 e. The Morgan fingerprint density at radius 3 is 2.52 bits per heavy atom. The Labute approximate surface area is 135 Å². The third-order valence-corrected chi connectivity index (χ3v) is 5.02. The zero-order valence-corrected chi connectivity index (χ0v) is 13.9. The molecular weight excluding hydrogens is 320 g/mol. The maximum Gasteiger partial charge on any atom is 0.272 e. The van der Waals surface area contributed by atoms with Gasteiger partial charge in [-0.1, -0.05) is 6.07 Å². The second-order valence-electron chi connectivity index (χ2n) is 5.64. The molecule has 1 saturated heterocycles. The van der Waals surface area contributed by atoms with Crippen LogP contribution >= 0.6 is 0 Å². The van der Waals surface area contributed by atoms with Gasteiger partial charge in [0.1, 0.15) is 5.69 Å². The number of sulfonamides is 1. The number of carbonyl (C=O) groups excluding carboxylic acids is 2. The predicted molar refractivity (Wildman–Crippen MR) is 84.0 cm³/mol. The number of primary amides is 1. The molecule has 1 aliphatic heterocycles. The third kappa shape index (κ3) is 4.26. The zero-order chi connectivity index (χ0) is 17.2. The molecule has 0 aromatic carbocycles. The van der Waals surface area contributed by atoms with Crippen LogP contribution in [0, 0.1) is 12.8 Å². The minimum absolute atomic E-state index is 0.0147. The fraction of sp³-hybridized carbons (Fsp3) is 0.500. The van der Waals surface area contributed by atoms with Gasteiger partial charge in [0.15, 0.2) is 0 Å². The molecule has 23 heavy (non-hydrogen) atoms. The van der Waals surface area contributed by atoms with Gasteiger partial charge < -0.3 is 10.6 Å². The van der Waals surface area contributed by atoms with Gasteiger partial charge in [-0.2, -0.15) is 4.31 Å². The number of hydrogen-bond donors (Lipinski definition) is 1. The molecule has 0 unspecified atom stereocenters. The van der Waals surface area contributed by atoms with Crippen molar-refractivity contribution in [3.05, 3.63) is 29.6 Å². The fourth-order valence-electron chi connectivity index (χ4n) is 2.47. The van der Waals surface area contributed by atoms with Gasteiger partial charge in [-0.25, -0.2) is 13.4 Å². The Bertz CT molecular complexity index is 719. The minimum Gasteiger partial charge on any atom is -0.369 e. The van der Waals surface area contributed by atoms with Crippen molar-refractivity contribution in [2.75, 3.05) is 32.4 Å². The predicted octanol–water partition coefficient (Wildman–Crippen LogP) is -0.791. The van der Waals surface area contributed by atoms with Gasteiger partial charge in [0.05, 0.1) is 12.2 Å². The Balaban J connectivity index is 2.26. The van der Waals surface area contributed by atoms with E-state index in [1.807, 2.05) is 0 Å². The van der Waals surface area contributed by atoms with Gasteiger partial charge in [0.2, 0.25) is 15.9 Å². The highest BCUT2D eigenvalue weighted by atomic mass is 32.2. The topological polar surface area (TPSA) is 114 Å². The van der Waals surface area contributed by atoms with E-state index in [2.05, 4.69) is 4.98 Å². The highest BCUT2D eigenvalue weighted by Crippen LogP contribution is 2.14. The average molecular weight is 340 g/mol. The fourth-order valence-corrected chi connectivity index (χ4v) is 3.34. The standard InChI is InChI=1S/C14H20N4O4S/c1-10-4-3-5-12(16-10)14(20)17-6-7-18(23(2,21)22)9-11(8-17)13(15)19/h3-5,11H,6-9H2,1-2H3,(H2,15,19)/t11-/m1/s1. The lowest BCUT2D eigenvalue weighted by Crippen LogP contribution is -2.41. The first-order valence-electron chi connectivity index (χ1n) is 7.16. The molecule has 2 rings (SSSR count). The number of rotatable bonds is 3. The normalized spacial score (nSPS) is 20.1. The van der Waals surface area contributed by atoms with E-state index < -0.39 is 21.8 Å². The maximum atomic E-state index is 12.6. The van der Waals surface area contributed by atoms with Gasteiger partial charge in [0.25, 0.3) is 5.91 Å². The second-order valence-corrected chi connectivity index (χ2v) is 7.62. The number of carbonyl (C=O) groups is 2. The number of hydrogen-bond acceptors (Lipinski definition) is 5. The molecule has 1 aromatic heterocycles. The van der Waals surface area contributed by atoms with Crippen molar-refractivity contribution in [2.45, 2.75) is 6.92 Å². The molecule has 0 spiro atoms. The third-order valence-electron chi connectivity index (χ3n) is 3.75. The van der Waals surface area contributed by atoms with Crippen molar-refractivity contribution >= 4 is 21.8 Å². The SMILES string of the molecule is Cc1cccc(C(=O)N2CCN(S(C)(=O)=O)C[C@H](C(N)=O)C2)n1. The lowest BCUT2D eigenvalue weighted by molar-refractivity contribution is -0.122. The highest BCUT2D eigenvalue weighted by Gasteiger charge is 2.32. The van der Waals surface area contributed by atoms with Crippen molar-refractivity contribution in [3.63, 3.8) is 0 Å². The van der Waals surface area contributed by atoms with E-state index in [4.69, 9.17) is 5.73 Å². The summed E-state index contributed by atoms with van der Waals surface area (Å²) in [7, 11) is -3.46. The number of amides is 2. The first kappa shape index (κ1) is 17.4. The summed E-state index contributed by atoms with van der Waals surface area (Å²) in [5, 5.41) is 0.